The van der Waals surface area contributed by atoms with Crippen LogP contribution in [0, 0.1) is 0 Å². The molecule has 0 heterocycles. The summed E-state index contributed by atoms with van der Waals surface area (Å²) in [4.78, 5) is 0. The molecule has 0 aliphatic heterocycles. The fraction of sp³-hybridized carbons (Fsp3) is 1.00. The minimum atomic E-state index is -7.00. The Morgan fingerprint density at radius 1 is 0.500 bits per heavy atom. The third kappa shape index (κ3) is 7.96. The molecule has 0 fully saturated rings. The van der Waals surface area contributed by atoms with Gasteiger partial charge in [0, 0.05) is 0 Å². The maximum Gasteiger partial charge on any atom is 0.449 e. The summed E-state index contributed by atoms with van der Waals surface area (Å²) in [7, 11) is -14.0. The highest BCUT2D eigenvalue weighted by molar-refractivity contribution is 7.87. The van der Waals surface area contributed by atoms with Gasteiger partial charge in [0.05, 0.1) is 0 Å². The molecule has 0 unspecified atom stereocenters. The van der Waals surface area contributed by atoms with Gasteiger partial charge in [-0.05, 0) is 6.92 Å². The molecule has 0 aliphatic carbocycles. The predicted molar refractivity (Wildman–Crippen MR) is 68.9 cm³/mol. The molecule has 0 aliphatic rings. The molecular weight excluding hydrogens is 554 g/mol. The second-order valence-corrected chi connectivity index (χ2v) is 7.79. The molecule has 24 heteroatoms. The van der Waals surface area contributed by atoms with E-state index in [4.69, 9.17) is 19.3 Å². The maximum atomic E-state index is 12.2. The standard InChI is InChI=1S/2C3HF7O3S.C2H6O2/c2*4-1(2(5,6)7,3(8,9)10)14(11,12)13;1-2(3)4/h2*(H,11,12,13);2-4H,1H3. The zero-order valence-corrected chi connectivity index (χ0v) is 15.7. The summed E-state index contributed by atoms with van der Waals surface area (Å²) in [6.07, 6.45) is -28.4. The molecule has 0 aromatic heterocycles. The number of rotatable bonds is 2. The van der Waals surface area contributed by atoms with Crippen LogP contribution in [-0.4, -0.2) is 77.2 Å². The van der Waals surface area contributed by atoms with Crippen LogP contribution < -0.4 is 0 Å². The van der Waals surface area contributed by atoms with Gasteiger partial charge in [0.1, 0.15) is 6.29 Å². The smallest absolute Gasteiger partial charge is 0.368 e. The van der Waals surface area contributed by atoms with Crippen molar-refractivity contribution in [3.8, 4) is 0 Å². The average molecular weight is 562 g/mol. The molecule has 0 saturated carbocycles. The number of alkyl halides is 14. The molecule has 0 amide bonds. The van der Waals surface area contributed by atoms with Gasteiger partial charge < -0.3 is 10.2 Å². The summed E-state index contributed by atoms with van der Waals surface area (Å²) in [5.41, 5.74) is 0. The van der Waals surface area contributed by atoms with Crippen LogP contribution in [0.2, 0.25) is 0 Å². The first-order valence-corrected chi connectivity index (χ1v) is 9.06. The summed E-state index contributed by atoms with van der Waals surface area (Å²) in [5, 5.41) is 1.90. The zero-order chi connectivity index (χ0) is 27.6. The largest absolute Gasteiger partial charge is 0.449 e. The lowest BCUT2D eigenvalue weighted by atomic mass is 10.3. The van der Waals surface area contributed by atoms with E-state index in [9.17, 15) is 78.3 Å². The van der Waals surface area contributed by atoms with Gasteiger partial charge in [0.2, 0.25) is 0 Å². The van der Waals surface area contributed by atoms with Crippen molar-refractivity contribution in [1.82, 2.24) is 0 Å². The molecule has 0 aromatic carbocycles. The molecule has 0 atom stereocenters. The van der Waals surface area contributed by atoms with Crippen LogP contribution in [0.5, 0.6) is 0 Å². The van der Waals surface area contributed by atoms with E-state index in [-0.39, 0.29) is 0 Å². The van der Waals surface area contributed by atoms with Gasteiger partial charge in [-0.3, -0.25) is 9.11 Å². The first kappa shape index (κ1) is 35.4. The Labute approximate surface area is 166 Å². The van der Waals surface area contributed by atoms with Crippen molar-refractivity contribution in [3.63, 3.8) is 0 Å². The number of hydrogen-bond acceptors (Lipinski definition) is 6. The highest BCUT2D eigenvalue weighted by atomic mass is 32.2. The topological polar surface area (TPSA) is 149 Å². The summed E-state index contributed by atoms with van der Waals surface area (Å²) < 4.78 is 216. The molecule has 0 spiro atoms. The van der Waals surface area contributed by atoms with Gasteiger partial charge in [0.15, 0.2) is 0 Å². The molecule has 0 bridgehead atoms. The number of aliphatic hydroxyl groups is 2. The summed E-state index contributed by atoms with van der Waals surface area (Å²) in [6, 6.07) is 0. The van der Waals surface area contributed by atoms with E-state index in [1.165, 1.54) is 6.92 Å². The van der Waals surface area contributed by atoms with Crippen LogP contribution in [0.3, 0.4) is 0 Å². The fourth-order valence-corrected chi connectivity index (χ4v) is 2.08. The fourth-order valence-electron chi connectivity index (χ4n) is 0.906. The molecular formula is C8H8F14O8S2. The van der Waals surface area contributed by atoms with Crippen LogP contribution in [0.15, 0.2) is 0 Å². The summed E-state index contributed by atoms with van der Waals surface area (Å²) in [5.74, 6) is 0. The van der Waals surface area contributed by atoms with Gasteiger partial charge in [-0.1, -0.05) is 0 Å². The van der Waals surface area contributed by atoms with Crippen molar-refractivity contribution < 1.29 is 97.6 Å². The first-order chi connectivity index (χ1) is 13.2. The monoisotopic (exact) mass is 562 g/mol. The van der Waals surface area contributed by atoms with Crippen molar-refractivity contribution in [3.05, 3.63) is 0 Å². The third-order valence-corrected chi connectivity index (χ3v) is 4.52. The summed E-state index contributed by atoms with van der Waals surface area (Å²) >= 11 is 0. The molecule has 0 radical (unpaired) electrons. The van der Waals surface area contributed by atoms with Gasteiger partial charge in [-0.2, -0.15) is 69.5 Å². The second-order valence-electron chi connectivity index (χ2n) is 4.76. The van der Waals surface area contributed by atoms with Crippen LogP contribution in [-0.2, 0) is 20.2 Å². The Morgan fingerprint density at radius 3 is 0.594 bits per heavy atom. The number of aliphatic hydroxyl groups excluding tert-OH is 1. The van der Waals surface area contributed by atoms with Gasteiger partial charge in [-0.25, -0.2) is 8.78 Å². The van der Waals surface area contributed by atoms with E-state index in [2.05, 4.69) is 0 Å². The van der Waals surface area contributed by atoms with Crippen molar-refractivity contribution in [2.24, 2.45) is 0 Å². The lowest BCUT2D eigenvalue weighted by molar-refractivity contribution is -0.308. The van der Waals surface area contributed by atoms with E-state index in [1.54, 1.807) is 0 Å². The maximum absolute atomic E-state index is 12.2. The van der Waals surface area contributed by atoms with Gasteiger partial charge >= 0.3 is 54.9 Å². The lowest BCUT2D eigenvalue weighted by Gasteiger charge is -2.26. The lowest BCUT2D eigenvalue weighted by Crippen LogP contribution is -2.58. The van der Waals surface area contributed by atoms with E-state index in [0.29, 0.717) is 0 Å². The van der Waals surface area contributed by atoms with Crippen molar-refractivity contribution >= 4 is 20.2 Å². The molecule has 32 heavy (non-hydrogen) atoms. The average Bonchev–Trinajstić information content (AvgIpc) is 2.38. The van der Waals surface area contributed by atoms with E-state index >= 15 is 0 Å². The normalized spacial score (nSPS) is 14.9. The zero-order valence-electron chi connectivity index (χ0n) is 14.1. The van der Waals surface area contributed by atoms with Crippen molar-refractivity contribution in [2.75, 3.05) is 0 Å². The Kier molecular flexibility index (Phi) is 11.0. The highest BCUT2D eigenvalue weighted by Gasteiger charge is 2.81. The van der Waals surface area contributed by atoms with Crippen LogP contribution in [0.4, 0.5) is 61.5 Å². The second kappa shape index (κ2) is 9.94. The third-order valence-electron chi connectivity index (χ3n) is 2.17. The Balaban J connectivity index is -0.000000450. The number of halogens is 14. The molecule has 198 valence electrons. The first-order valence-electron chi connectivity index (χ1n) is 6.18. The van der Waals surface area contributed by atoms with Crippen LogP contribution in [0.25, 0.3) is 0 Å². The van der Waals surface area contributed by atoms with Crippen LogP contribution in [0.1, 0.15) is 6.92 Å². The molecule has 0 saturated heterocycles. The Morgan fingerprint density at radius 2 is 0.594 bits per heavy atom. The Bertz CT molecular complexity index is 707. The molecule has 4 N–H and O–H groups in total. The Hall–Kier alpha value is -1.24. The minimum Gasteiger partial charge on any atom is -0.368 e. The molecule has 8 nitrogen and oxygen atoms in total. The molecule has 0 aromatic rings. The van der Waals surface area contributed by atoms with E-state index in [1.807, 2.05) is 0 Å². The van der Waals surface area contributed by atoms with Gasteiger partial charge in [0.25, 0.3) is 0 Å². The highest BCUT2D eigenvalue weighted by Crippen LogP contribution is 2.50. The van der Waals surface area contributed by atoms with Gasteiger partial charge in [-0.15, -0.1) is 0 Å². The van der Waals surface area contributed by atoms with Crippen molar-refractivity contribution in [2.45, 2.75) is 47.9 Å². The van der Waals surface area contributed by atoms with E-state index in [0.717, 1.165) is 0 Å². The van der Waals surface area contributed by atoms with Crippen LogP contribution >= 0.6 is 0 Å². The molecule has 0 rings (SSSR count). The number of hydrogen-bond donors (Lipinski definition) is 4. The minimum absolute atomic E-state index is 1.17. The van der Waals surface area contributed by atoms with E-state index < -0.39 is 61.2 Å². The summed E-state index contributed by atoms with van der Waals surface area (Å²) in [6.45, 7) is 1.28. The predicted octanol–water partition coefficient (Wildman–Crippen LogP) is 2.65. The SMILES string of the molecule is CC(O)O.O=S(=O)(O)C(F)(C(F)(F)F)C(F)(F)F.O=S(=O)(O)C(F)(C(F)(F)F)C(F)(F)F. The van der Waals surface area contributed by atoms with Crippen molar-refractivity contribution in [1.29, 1.82) is 0 Å². The quantitative estimate of drug-likeness (QED) is 0.228.